The van der Waals surface area contributed by atoms with Crippen LogP contribution in [0.5, 0.6) is 0 Å². The highest BCUT2D eigenvalue weighted by Crippen LogP contribution is 2.40. The normalized spacial score (nSPS) is 14.1. The van der Waals surface area contributed by atoms with Crippen LogP contribution in [0.25, 0.3) is 12.2 Å². The van der Waals surface area contributed by atoms with E-state index in [4.69, 9.17) is 0 Å². The summed E-state index contributed by atoms with van der Waals surface area (Å²) in [6.07, 6.45) is 5.78. The number of allylic oxidation sites excluding steroid dienone is 1. The molecule has 2 aromatic rings. The fraction of sp³-hybridized carbons (Fsp3) is 0.111. The van der Waals surface area contributed by atoms with Crippen LogP contribution in [0.1, 0.15) is 18.1 Å². The second-order valence-electron chi connectivity index (χ2n) is 4.74. The Morgan fingerprint density at radius 3 is 2.35 bits per heavy atom. The summed E-state index contributed by atoms with van der Waals surface area (Å²) in [7, 11) is -2.60. The summed E-state index contributed by atoms with van der Waals surface area (Å²) >= 11 is 0. The highest BCUT2D eigenvalue weighted by Gasteiger charge is 2.23. The van der Waals surface area contributed by atoms with Gasteiger partial charge in [0.15, 0.2) is 0 Å². The van der Waals surface area contributed by atoms with Gasteiger partial charge in [0, 0.05) is 10.6 Å². The van der Waals surface area contributed by atoms with Gasteiger partial charge in [-0.25, -0.2) is 0 Å². The Balaban J connectivity index is 2.69. The van der Waals surface area contributed by atoms with E-state index in [0.29, 0.717) is 0 Å². The monoisotopic (exact) mass is 282 g/mol. The van der Waals surface area contributed by atoms with Crippen molar-refractivity contribution in [3.8, 4) is 0 Å². The smallest absolute Gasteiger partial charge is 0.140 e. The van der Waals surface area contributed by atoms with E-state index >= 15 is 0 Å². The number of hydrogen-bond donors (Lipinski definition) is 0. The molecule has 0 bridgehead atoms. The minimum Gasteiger partial charge on any atom is -0.314 e. The van der Waals surface area contributed by atoms with Gasteiger partial charge in [-0.2, -0.15) is 0 Å². The first-order valence-electron chi connectivity index (χ1n) is 6.63. The van der Waals surface area contributed by atoms with E-state index in [1.807, 2.05) is 80.3 Å². The molecule has 0 saturated carbocycles. The molecule has 0 spiro atoms. The molecule has 0 aromatic heterocycles. The van der Waals surface area contributed by atoms with Crippen molar-refractivity contribution in [1.29, 1.82) is 0 Å². The Kier molecular flexibility index (Phi) is 4.42. The standard InChI is InChI=1S/C18H19OP/c1-4-10-17-15(5-2)11-9-14-18(17)20(3,19)16-12-7-6-8-13-16/h4-14H,2H2,1,3H3/b10-4-. The van der Waals surface area contributed by atoms with Crippen molar-refractivity contribution in [1.82, 2.24) is 0 Å². The highest BCUT2D eigenvalue weighted by atomic mass is 31.2. The third-order valence-corrected chi connectivity index (χ3v) is 5.97. The number of rotatable bonds is 4. The average Bonchev–Trinajstić information content (AvgIpc) is 2.48. The molecular weight excluding hydrogens is 263 g/mol. The molecule has 1 atom stereocenters. The first-order chi connectivity index (χ1) is 9.61. The Morgan fingerprint density at radius 1 is 1.05 bits per heavy atom. The van der Waals surface area contributed by atoms with Gasteiger partial charge in [-0.1, -0.05) is 73.3 Å². The predicted molar refractivity (Wildman–Crippen MR) is 90.5 cm³/mol. The first-order valence-corrected chi connectivity index (χ1v) is 8.78. The summed E-state index contributed by atoms with van der Waals surface area (Å²) in [5.74, 6) is 0. The molecule has 0 heterocycles. The van der Waals surface area contributed by atoms with E-state index in [1.54, 1.807) is 0 Å². The summed E-state index contributed by atoms with van der Waals surface area (Å²) in [5, 5.41) is 1.77. The molecule has 0 radical (unpaired) electrons. The van der Waals surface area contributed by atoms with Gasteiger partial charge in [0.25, 0.3) is 0 Å². The van der Waals surface area contributed by atoms with Crippen molar-refractivity contribution in [3.05, 3.63) is 72.3 Å². The lowest BCUT2D eigenvalue weighted by molar-refractivity contribution is 0.590. The average molecular weight is 282 g/mol. The maximum atomic E-state index is 13.3. The van der Waals surface area contributed by atoms with E-state index in [9.17, 15) is 4.57 Å². The zero-order chi connectivity index (χ0) is 14.6. The molecule has 2 aromatic carbocycles. The fourth-order valence-electron chi connectivity index (χ4n) is 2.32. The second kappa shape index (κ2) is 6.07. The molecule has 2 rings (SSSR count). The number of hydrogen-bond acceptors (Lipinski definition) is 1. The minimum atomic E-state index is -2.60. The molecule has 2 heteroatoms. The molecule has 0 N–H and O–H groups in total. The predicted octanol–water partition coefficient (Wildman–Crippen LogP) is 4.31. The van der Waals surface area contributed by atoms with Crippen LogP contribution < -0.4 is 10.6 Å². The van der Waals surface area contributed by atoms with Crippen molar-refractivity contribution in [2.24, 2.45) is 0 Å². The lowest BCUT2D eigenvalue weighted by Gasteiger charge is -2.18. The summed E-state index contributed by atoms with van der Waals surface area (Å²) < 4.78 is 13.3. The van der Waals surface area contributed by atoms with Gasteiger partial charge in [-0.3, -0.25) is 0 Å². The van der Waals surface area contributed by atoms with Crippen molar-refractivity contribution in [2.45, 2.75) is 6.92 Å². The van der Waals surface area contributed by atoms with E-state index in [-0.39, 0.29) is 0 Å². The van der Waals surface area contributed by atoms with Crippen LogP contribution in [0.2, 0.25) is 0 Å². The Hall–Kier alpha value is -1.85. The van der Waals surface area contributed by atoms with E-state index < -0.39 is 7.14 Å². The Bertz CT molecular complexity index is 684. The minimum absolute atomic E-state index is 0.881. The van der Waals surface area contributed by atoms with Gasteiger partial charge in [-0.15, -0.1) is 0 Å². The van der Waals surface area contributed by atoms with E-state index in [0.717, 1.165) is 21.7 Å². The van der Waals surface area contributed by atoms with Crippen LogP contribution in [-0.2, 0) is 4.57 Å². The Labute approximate surface area is 121 Å². The van der Waals surface area contributed by atoms with Crippen molar-refractivity contribution >= 4 is 29.9 Å². The fourth-order valence-corrected chi connectivity index (χ4v) is 4.37. The summed E-state index contributed by atoms with van der Waals surface area (Å²) in [6.45, 7) is 7.64. The third-order valence-electron chi connectivity index (χ3n) is 3.38. The summed E-state index contributed by atoms with van der Waals surface area (Å²) in [6, 6.07) is 15.6. The largest absolute Gasteiger partial charge is 0.314 e. The topological polar surface area (TPSA) is 17.1 Å². The third kappa shape index (κ3) is 2.69. The van der Waals surface area contributed by atoms with E-state index in [2.05, 4.69) is 6.58 Å². The molecule has 0 aliphatic rings. The van der Waals surface area contributed by atoms with Crippen LogP contribution in [0.4, 0.5) is 0 Å². The van der Waals surface area contributed by atoms with Gasteiger partial charge in [0.05, 0.1) is 0 Å². The van der Waals surface area contributed by atoms with Crippen molar-refractivity contribution in [2.75, 3.05) is 6.66 Å². The van der Waals surface area contributed by atoms with Crippen LogP contribution in [0.3, 0.4) is 0 Å². The van der Waals surface area contributed by atoms with Gasteiger partial charge in [0.1, 0.15) is 7.14 Å². The lowest BCUT2D eigenvalue weighted by atomic mass is 10.1. The maximum absolute atomic E-state index is 13.3. The maximum Gasteiger partial charge on any atom is 0.140 e. The van der Waals surface area contributed by atoms with Gasteiger partial charge < -0.3 is 4.57 Å². The zero-order valence-electron chi connectivity index (χ0n) is 11.9. The van der Waals surface area contributed by atoms with Crippen LogP contribution >= 0.6 is 7.14 Å². The molecule has 0 amide bonds. The van der Waals surface area contributed by atoms with Gasteiger partial charge in [-0.05, 0) is 24.7 Å². The SMILES string of the molecule is C=Cc1cccc(P(C)(=O)c2ccccc2)c1/C=C\C. The summed E-state index contributed by atoms with van der Waals surface area (Å²) in [4.78, 5) is 0. The van der Waals surface area contributed by atoms with Gasteiger partial charge in [0.2, 0.25) is 0 Å². The molecule has 1 unspecified atom stereocenters. The second-order valence-corrected chi connectivity index (χ2v) is 7.59. The van der Waals surface area contributed by atoms with E-state index in [1.165, 1.54) is 0 Å². The van der Waals surface area contributed by atoms with Crippen LogP contribution in [0.15, 0.2) is 61.2 Å². The highest BCUT2D eigenvalue weighted by molar-refractivity contribution is 7.78. The van der Waals surface area contributed by atoms with Crippen molar-refractivity contribution < 1.29 is 4.57 Å². The van der Waals surface area contributed by atoms with Gasteiger partial charge >= 0.3 is 0 Å². The zero-order valence-corrected chi connectivity index (χ0v) is 12.8. The summed E-state index contributed by atoms with van der Waals surface area (Å²) in [5.41, 5.74) is 2.01. The first kappa shape index (κ1) is 14.6. The molecular formula is C18H19OP. The molecule has 0 aliphatic heterocycles. The molecule has 20 heavy (non-hydrogen) atoms. The molecule has 102 valence electrons. The lowest BCUT2D eigenvalue weighted by Crippen LogP contribution is -2.18. The molecule has 0 saturated heterocycles. The van der Waals surface area contributed by atoms with Crippen LogP contribution in [0, 0.1) is 0 Å². The molecule has 0 aliphatic carbocycles. The quantitative estimate of drug-likeness (QED) is 0.764. The number of benzene rings is 2. The molecule has 1 nitrogen and oxygen atoms in total. The van der Waals surface area contributed by atoms with Crippen LogP contribution in [-0.4, -0.2) is 6.66 Å². The Morgan fingerprint density at radius 2 is 1.75 bits per heavy atom. The molecule has 0 fully saturated rings. The van der Waals surface area contributed by atoms with Crippen molar-refractivity contribution in [3.63, 3.8) is 0 Å².